The quantitative estimate of drug-likeness (QED) is 0.616. The van der Waals surface area contributed by atoms with Crippen molar-refractivity contribution < 1.29 is 4.79 Å². The Morgan fingerprint density at radius 3 is 2.50 bits per heavy atom. The van der Waals surface area contributed by atoms with Gasteiger partial charge in [-0.2, -0.15) is 0 Å². The normalized spacial score (nSPS) is 18.2. The van der Waals surface area contributed by atoms with Gasteiger partial charge in [0.1, 0.15) is 0 Å². The van der Waals surface area contributed by atoms with Crippen LogP contribution < -0.4 is 10.6 Å². The largest absolute Gasteiger partial charge is 0.355 e. The Labute approximate surface area is 111 Å². The van der Waals surface area contributed by atoms with E-state index in [9.17, 15) is 4.79 Å². The Bertz CT molecular complexity index is 237. The van der Waals surface area contributed by atoms with Crippen molar-refractivity contribution in [2.45, 2.75) is 26.3 Å². The van der Waals surface area contributed by atoms with Crippen LogP contribution in [0.2, 0.25) is 0 Å². The second-order valence-electron chi connectivity index (χ2n) is 5.38. The van der Waals surface area contributed by atoms with Crippen LogP contribution in [0.1, 0.15) is 20.3 Å². The molecule has 5 nitrogen and oxygen atoms in total. The number of carbonyl (C=O) groups is 1. The summed E-state index contributed by atoms with van der Waals surface area (Å²) in [7, 11) is 2.17. The Morgan fingerprint density at radius 2 is 1.89 bits per heavy atom. The van der Waals surface area contributed by atoms with Crippen molar-refractivity contribution in [1.82, 2.24) is 20.4 Å². The Hall–Kier alpha value is -0.650. The predicted octanol–water partition coefficient (Wildman–Crippen LogP) is -0.262. The van der Waals surface area contributed by atoms with E-state index in [1.54, 1.807) is 0 Å². The van der Waals surface area contributed by atoms with Crippen molar-refractivity contribution in [2.75, 3.05) is 52.9 Å². The molecule has 1 heterocycles. The van der Waals surface area contributed by atoms with Crippen molar-refractivity contribution in [3.05, 3.63) is 0 Å². The molecule has 0 unspecified atom stereocenters. The molecule has 0 atom stereocenters. The minimum absolute atomic E-state index is 0.0991. The van der Waals surface area contributed by atoms with Crippen LogP contribution >= 0.6 is 0 Å². The van der Waals surface area contributed by atoms with Crippen LogP contribution in [0.25, 0.3) is 0 Å². The van der Waals surface area contributed by atoms with Crippen LogP contribution in [0.15, 0.2) is 0 Å². The minimum atomic E-state index is 0.0991. The van der Waals surface area contributed by atoms with Crippen LogP contribution in [0, 0.1) is 0 Å². The van der Waals surface area contributed by atoms with Crippen molar-refractivity contribution in [3.8, 4) is 0 Å². The van der Waals surface area contributed by atoms with Crippen LogP contribution in [-0.2, 0) is 4.79 Å². The number of nitrogens with zero attached hydrogens (tertiary/aromatic N) is 2. The zero-order valence-electron chi connectivity index (χ0n) is 12.0. The van der Waals surface area contributed by atoms with E-state index in [4.69, 9.17) is 0 Å². The summed E-state index contributed by atoms with van der Waals surface area (Å²) in [5.74, 6) is 0.0991. The molecule has 0 aromatic carbocycles. The summed E-state index contributed by atoms with van der Waals surface area (Å²) in [6.07, 6.45) is 1.04. The van der Waals surface area contributed by atoms with Crippen molar-refractivity contribution >= 4 is 5.91 Å². The fourth-order valence-corrected chi connectivity index (χ4v) is 1.96. The molecule has 1 saturated heterocycles. The molecule has 0 aromatic heterocycles. The highest BCUT2D eigenvalue weighted by atomic mass is 16.1. The molecular weight excluding hydrogens is 228 g/mol. The molecule has 2 N–H and O–H groups in total. The molecular formula is C13H28N4O. The summed E-state index contributed by atoms with van der Waals surface area (Å²) < 4.78 is 0. The van der Waals surface area contributed by atoms with Gasteiger partial charge in [-0.1, -0.05) is 13.8 Å². The first-order chi connectivity index (χ1) is 8.58. The fraction of sp³-hybridized carbons (Fsp3) is 0.923. The lowest BCUT2D eigenvalue weighted by atomic mass is 10.3. The molecule has 0 aromatic rings. The topological polar surface area (TPSA) is 47.6 Å². The summed E-state index contributed by atoms with van der Waals surface area (Å²) in [5.41, 5.74) is 0. The van der Waals surface area contributed by atoms with E-state index in [-0.39, 0.29) is 5.91 Å². The van der Waals surface area contributed by atoms with Gasteiger partial charge >= 0.3 is 0 Å². The number of carbonyl (C=O) groups excluding carboxylic acids is 1. The van der Waals surface area contributed by atoms with Gasteiger partial charge in [0.05, 0.1) is 6.54 Å². The van der Waals surface area contributed by atoms with E-state index in [1.165, 1.54) is 0 Å². The fourth-order valence-electron chi connectivity index (χ4n) is 1.96. The summed E-state index contributed by atoms with van der Waals surface area (Å²) in [6.45, 7) is 11.0. The molecule has 1 amide bonds. The van der Waals surface area contributed by atoms with Gasteiger partial charge in [-0.3, -0.25) is 4.79 Å². The number of hydrogen-bond donors (Lipinski definition) is 2. The first kappa shape index (κ1) is 15.4. The molecule has 1 rings (SSSR count). The molecule has 0 radical (unpaired) electrons. The van der Waals surface area contributed by atoms with Gasteiger partial charge in [-0.15, -0.1) is 0 Å². The van der Waals surface area contributed by atoms with Crippen LogP contribution in [0.3, 0.4) is 0 Å². The molecule has 18 heavy (non-hydrogen) atoms. The zero-order chi connectivity index (χ0) is 13.4. The lowest BCUT2D eigenvalue weighted by Gasteiger charge is -2.32. The van der Waals surface area contributed by atoms with E-state index in [2.05, 4.69) is 27.5 Å². The number of rotatable bonds is 7. The molecule has 0 aliphatic carbocycles. The Morgan fingerprint density at radius 1 is 1.22 bits per heavy atom. The van der Waals surface area contributed by atoms with Gasteiger partial charge in [-0.25, -0.2) is 0 Å². The standard InChI is InChI=1S/C13H28N4O/c1-12(2)15-11-13(18)14-5-4-6-17-9-7-16(3)8-10-17/h12,15H,4-11H2,1-3H3,(H,14,18). The highest BCUT2D eigenvalue weighted by Crippen LogP contribution is 1.99. The highest BCUT2D eigenvalue weighted by molar-refractivity contribution is 5.77. The number of hydrogen-bond acceptors (Lipinski definition) is 4. The number of likely N-dealkylation sites (N-methyl/N-ethyl adjacent to an activating group) is 1. The van der Waals surface area contributed by atoms with Crippen LogP contribution in [0.5, 0.6) is 0 Å². The van der Waals surface area contributed by atoms with E-state index < -0.39 is 0 Å². The lowest BCUT2D eigenvalue weighted by molar-refractivity contribution is -0.120. The predicted molar refractivity (Wildman–Crippen MR) is 74.7 cm³/mol. The maximum Gasteiger partial charge on any atom is 0.233 e. The average Bonchev–Trinajstić information content (AvgIpc) is 2.34. The van der Waals surface area contributed by atoms with Crippen molar-refractivity contribution in [1.29, 1.82) is 0 Å². The second kappa shape index (κ2) is 8.45. The number of nitrogens with one attached hydrogen (secondary N) is 2. The first-order valence-corrected chi connectivity index (χ1v) is 6.99. The maximum absolute atomic E-state index is 11.4. The monoisotopic (exact) mass is 256 g/mol. The third-order valence-corrected chi connectivity index (χ3v) is 3.24. The molecule has 106 valence electrons. The summed E-state index contributed by atoms with van der Waals surface area (Å²) >= 11 is 0. The van der Waals surface area contributed by atoms with Gasteiger partial charge in [0.2, 0.25) is 5.91 Å². The molecule has 5 heteroatoms. The average molecular weight is 256 g/mol. The summed E-state index contributed by atoms with van der Waals surface area (Å²) in [4.78, 5) is 16.3. The minimum Gasteiger partial charge on any atom is -0.355 e. The number of amides is 1. The van der Waals surface area contributed by atoms with Gasteiger partial charge in [0, 0.05) is 38.8 Å². The molecule has 1 fully saturated rings. The van der Waals surface area contributed by atoms with E-state index in [0.29, 0.717) is 12.6 Å². The molecule has 1 aliphatic heterocycles. The second-order valence-corrected chi connectivity index (χ2v) is 5.38. The first-order valence-electron chi connectivity index (χ1n) is 6.99. The maximum atomic E-state index is 11.4. The third-order valence-electron chi connectivity index (χ3n) is 3.24. The van der Waals surface area contributed by atoms with Crippen molar-refractivity contribution in [2.24, 2.45) is 0 Å². The Kier molecular flexibility index (Phi) is 7.23. The SMILES string of the molecule is CC(C)NCC(=O)NCCCN1CCN(C)CC1. The van der Waals surface area contributed by atoms with E-state index >= 15 is 0 Å². The van der Waals surface area contributed by atoms with Gasteiger partial charge < -0.3 is 20.4 Å². The number of piperazine rings is 1. The zero-order valence-corrected chi connectivity index (χ0v) is 12.0. The molecule has 0 bridgehead atoms. The summed E-state index contributed by atoms with van der Waals surface area (Å²) in [5, 5.41) is 6.06. The smallest absolute Gasteiger partial charge is 0.233 e. The summed E-state index contributed by atoms with van der Waals surface area (Å²) in [6, 6.07) is 0.362. The molecule has 0 saturated carbocycles. The van der Waals surface area contributed by atoms with Gasteiger partial charge in [0.25, 0.3) is 0 Å². The third kappa shape index (κ3) is 6.93. The lowest BCUT2D eigenvalue weighted by Crippen LogP contribution is -2.45. The van der Waals surface area contributed by atoms with Crippen LogP contribution in [-0.4, -0.2) is 74.6 Å². The van der Waals surface area contributed by atoms with E-state index in [0.717, 1.165) is 45.7 Å². The molecule has 0 spiro atoms. The van der Waals surface area contributed by atoms with E-state index in [1.807, 2.05) is 13.8 Å². The van der Waals surface area contributed by atoms with Crippen LogP contribution in [0.4, 0.5) is 0 Å². The van der Waals surface area contributed by atoms with Crippen molar-refractivity contribution in [3.63, 3.8) is 0 Å². The van der Waals surface area contributed by atoms with Gasteiger partial charge in [0.15, 0.2) is 0 Å². The molecule has 1 aliphatic rings. The Balaban J connectivity index is 1.96. The van der Waals surface area contributed by atoms with Gasteiger partial charge in [-0.05, 0) is 20.0 Å². The highest BCUT2D eigenvalue weighted by Gasteiger charge is 2.12.